The topological polar surface area (TPSA) is 88.5 Å². The molecule has 1 aliphatic carbocycles. The van der Waals surface area contributed by atoms with E-state index in [1.807, 2.05) is 24.3 Å². The normalized spacial score (nSPS) is 18.9. The van der Waals surface area contributed by atoms with Gasteiger partial charge in [0.15, 0.2) is 0 Å². The molecular formula is C20H20N2O4. The summed E-state index contributed by atoms with van der Waals surface area (Å²) in [5, 5.41) is 12.1. The van der Waals surface area contributed by atoms with E-state index >= 15 is 0 Å². The van der Waals surface area contributed by atoms with E-state index < -0.39 is 17.8 Å². The van der Waals surface area contributed by atoms with E-state index in [4.69, 9.17) is 4.74 Å². The summed E-state index contributed by atoms with van der Waals surface area (Å²) >= 11 is 0. The van der Waals surface area contributed by atoms with Crippen LogP contribution in [0.1, 0.15) is 18.4 Å². The van der Waals surface area contributed by atoms with Gasteiger partial charge in [0.1, 0.15) is 12.4 Å². The van der Waals surface area contributed by atoms with Gasteiger partial charge in [-0.1, -0.05) is 24.3 Å². The van der Waals surface area contributed by atoms with Crippen molar-refractivity contribution in [3.8, 4) is 5.75 Å². The monoisotopic (exact) mass is 352 g/mol. The smallest absolute Gasteiger partial charge is 0.307 e. The molecule has 1 amide bonds. The van der Waals surface area contributed by atoms with Gasteiger partial charge in [-0.3, -0.25) is 14.6 Å². The lowest BCUT2D eigenvalue weighted by molar-refractivity contribution is -0.146. The highest BCUT2D eigenvalue weighted by Gasteiger charge is 2.33. The summed E-state index contributed by atoms with van der Waals surface area (Å²) in [5.41, 5.74) is 1.53. The second kappa shape index (κ2) is 8.29. The van der Waals surface area contributed by atoms with Gasteiger partial charge in [0, 0.05) is 29.7 Å². The number of pyridine rings is 1. The molecule has 1 aliphatic rings. The Morgan fingerprint density at radius 2 is 1.96 bits per heavy atom. The molecule has 134 valence electrons. The van der Waals surface area contributed by atoms with Crippen molar-refractivity contribution in [3.63, 3.8) is 0 Å². The number of carbonyl (C=O) groups is 2. The molecule has 0 saturated heterocycles. The van der Waals surface area contributed by atoms with E-state index in [0.29, 0.717) is 30.9 Å². The summed E-state index contributed by atoms with van der Waals surface area (Å²) in [6, 6.07) is 10.8. The van der Waals surface area contributed by atoms with Crippen LogP contribution in [0.4, 0.5) is 5.69 Å². The Morgan fingerprint density at radius 1 is 1.15 bits per heavy atom. The number of hydrogen-bond donors (Lipinski definition) is 2. The Morgan fingerprint density at radius 3 is 2.69 bits per heavy atom. The second-order valence-corrected chi connectivity index (χ2v) is 6.16. The molecule has 0 radical (unpaired) electrons. The van der Waals surface area contributed by atoms with E-state index in [0.717, 1.165) is 5.56 Å². The molecule has 0 saturated carbocycles. The SMILES string of the molecule is O=C(O)[C@H]1CC=CC[C@H]1C(=O)Nc1cccc(OCc2cccnc2)c1. The van der Waals surface area contributed by atoms with Crippen LogP contribution in [0.3, 0.4) is 0 Å². The van der Waals surface area contributed by atoms with Crippen molar-refractivity contribution >= 4 is 17.6 Å². The number of aliphatic carboxylic acids is 1. The van der Waals surface area contributed by atoms with Gasteiger partial charge >= 0.3 is 5.97 Å². The number of anilines is 1. The Kier molecular flexibility index (Phi) is 5.63. The fourth-order valence-electron chi connectivity index (χ4n) is 2.93. The van der Waals surface area contributed by atoms with Gasteiger partial charge < -0.3 is 15.2 Å². The van der Waals surface area contributed by atoms with Gasteiger partial charge in [-0.15, -0.1) is 0 Å². The number of carbonyl (C=O) groups excluding carboxylic acids is 1. The number of allylic oxidation sites excluding steroid dienone is 2. The van der Waals surface area contributed by atoms with Crippen molar-refractivity contribution in [3.05, 3.63) is 66.5 Å². The summed E-state index contributed by atoms with van der Waals surface area (Å²) < 4.78 is 5.72. The standard InChI is InChI=1S/C20H20N2O4/c23-19(17-8-1-2-9-18(17)20(24)25)22-15-6-3-7-16(11-15)26-13-14-5-4-10-21-12-14/h1-7,10-12,17-18H,8-9,13H2,(H,22,23)(H,24,25)/t17-,18+/m1/s1. The van der Waals surface area contributed by atoms with Crippen LogP contribution in [0.15, 0.2) is 60.9 Å². The molecule has 1 aromatic heterocycles. The number of aromatic nitrogens is 1. The largest absolute Gasteiger partial charge is 0.489 e. The molecule has 0 aliphatic heterocycles. The lowest BCUT2D eigenvalue weighted by Crippen LogP contribution is -2.34. The van der Waals surface area contributed by atoms with Crippen molar-refractivity contribution in [2.45, 2.75) is 19.4 Å². The van der Waals surface area contributed by atoms with Crippen LogP contribution >= 0.6 is 0 Å². The molecule has 0 fully saturated rings. The fraction of sp³-hybridized carbons (Fsp3) is 0.250. The van der Waals surface area contributed by atoms with Crippen LogP contribution in [0.2, 0.25) is 0 Å². The van der Waals surface area contributed by atoms with Crippen molar-refractivity contribution in [2.75, 3.05) is 5.32 Å². The summed E-state index contributed by atoms with van der Waals surface area (Å²) in [6.07, 6.45) is 7.91. The van der Waals surface area contributed by atoms with Gasteiger partial charge in [0.25, 0.3) is 0 Å². The molecule has 2 atom stereocenters. The van der Waals surface area contributed by atoms with Crippen LogP contribution in [-0.2, 0) is 16.2 Å². The first-order chi connectivity index (χ1) is 12.6. The van der Waals surface area contributed by atoms with Gasteiger partial charge in [-0.25, -0.2) is 0 Å². The molecule has 26 heavy (non-hydrogen) atoms. The van der Waals surface area contributed by atoms with E-state index in [-0.39, 0.29) is 5.91 Å². The molecule has 2 N–H and O–H groups in total. The second-order valence-electron chi connectivity index (χ2n) is 6.16. The minimum absolute atomic E-state index is 0.286. The van der Waals surface area contributed by atoms with E-state index in [1.54, 1.807) is 36.7 Å². The number of ether oxygens (including phenoxy) is 1. The highest BCUT2D eigenvalue weighted by atomic mass is 16.5. The maximum absolute atomic E-state index is 12.5. The first-order valence-electron chi connectivity index (χ1n) is 8.44. The predicted octanol–water partition coefficient (Wildman–Crippen LogP) is 3.27. The quantitative estimate of drug-likeness (QED) is 0.779. The van der Waals surface area contributed by atoms with E-state index in [2.05, 4.69) is 10.3 Å². The molecule has 6 heteroatoms. The summed E-state index contributed by atoms with van der Waals surface area (Å²) in [4.78, 5) is 27.9. The molecule has 3 rings (SSSR count). The zero-order valence-corrected chi connectivity index (χ0v) is 14.2. The number of nitrogens with zero attached hydrogens (tertiary/aromatic N) is 1. The average molecular weight is 352 g/mol. The number of carboxylic acids is 1. The highest BCUT2D eigenvalue weighted by molar-refractivity contribution is 5.95. The fourth-order valence-corrected chi connectivity index (χ4v) is 2.93. The zero-order chi connectivity index (χ0) is 18.4. The van der Waals surface area contributed by atoms with Crippen molar-refractivity contribution in [2.24, 2.45) is 11.8 Å². The molecule has 2 aromatic rings. The molecule has 0 unspecified atom stereocenters. The van der Waals surface area contributed by atoms with Gasteiger partial charge in [-0.05, 0) is 31.0 Å². The van der Waals surface area contributed by atoms with Gasteiger partial charge in [-0.2, -0.15) is 0 Å². The van der Waals surface area contributed by atoms with Crippen LogP contribution in [0.25, 0.3) is 0 Å². The first-order valence-corrected chi connectivity index (χ1v) is 8.44. The molecule has 0 spiro atoms. The number of benzene rings is 1. The molecule has 1 aromatic carbocycles. The maximum Gasteiger partial charge on any atom is 0.307 e. The molecule has 0 bridgehead atoms. The van der Waals surface area contributed by atoms with Crippen LogP contribution in [0.5, 0.6) is 5.75 Å². The lowest BCUT2D eigenvalue weighted by Gasteiger charge is -2.24. The minimum Gasteiger partial charge on any atom is -0.489 e. The van der Waals surface area contributed by atoms with Crippen LogP contribution in [0, 0.1) is 11.8 Å². The average Bonchev–Trinajstić information content (AvgIpc) is 2.67. The first kappa shape index (κ1) is 17.7. The third-order valence-corrected chi connectivity index (χ3v) is 4.32. The van der Waals surface area contributed by atoms with Crippen molar-refractivity contribution in [1.29, 1.82) is 0 Å². The summed E-state index contributed by atoms with van der Waals surface area (Å²) in [5.74, 6) is -1.87. The Bertz CT molecular complexity index is 804. The minimum atomic E-state index is -0.942. The highest BCUT2D eigenvalue weighted by Crippen LogP contribution is 2.28. The van der Waals surface area contributed by atoms with E-state index in [1.165, 1.54) is 0 Å². The summed E-state index contributed by atoms with van der Waals surface area (Å²) in [6.45, 7) is 0.375. The zero-order valence-electron chi connectivity index (χ0n) is 14.2. The van der Waals surface area contributed by atoms with Crippen molar-refractivity contribution < 1.29 is 19.4 Å². The maximum atomic E-state index is 12.5. The Labute approximate surface area is 151 Å². The molecular weight excluding hydrogens is 332 g/mol. The van der Waals surface area contributed by atoms with Crippen LogP contribution in [-0.4, -0.2) is 22.0 Å². The number of carboxylic acid groups (broad SMARTS) is 1. The van der Waals surface area contributed by atoms with Gasteiger partial charge in [0.05, 0.1) is 11.8 Å². The third-order valence-electron chi connectivity index (χ3n) is 4.32. The predicted molar refractivity (Wildman–Crippen MR) is 96.6 cm³/mol. The number of rotatable bonds is 6. The van der Waals surface area contributed by atoms with Crippen LogP contribution < -0.4 is 10.1 Å². The lowest BCUT2D eigenvalue weighted by atomic mass is 9.82. The number of hydrogen-bond acceptors (Lipinski definition) is 4. The third kappa shape index (κ3) is 4.47. The number of nitrogens with one attached hydrogen (secondary N) is 1. The Balaban J connectivity index is 1.63. The summed E-state index contributed by atoms with van der Waals surface area (Å²) in [7, 11) is 0. The van der Waals surface area contributed by atoms with E-state index in [9.17, 15) is 14.7 Å². The molecule has 1 heterocycles. The van der Waals surface area contributed by atoms with Crippen molar-refractivity contribution in [1.82, 2.24) is 4.98 Å². The molecule has 6 nitrogen and oxygen atoms in total. The van der Waals surface area contributed by atoms with Gasteiger partial charge in [0.2, 0.25) is 5.91 Å². The Hall–Kier alpha value is -3.15. The number of amides is 1.